The molecule has 2 saturated heterocycles. The van der Waals surface area contributed by atoms with Crippen molar-refractivity contribution in [2.45, 2.75) is 36.3 Å². The number of thiophene rings is 1. The van der Waals surface area contributed by atoms with Crippen LogP contribution in [-0.2, 0) is 30.8 Å². The lowest BCUT2D eigenvalue weighted by Crippen LogP contribution is -2.47. The summed E-state index contributed by atoms with van der Waals surface area (Å²) < 4.78 is 38.5. The lowest BCUT2D eigenvalue weighted by Gasteiger charge is -2.36. The summed E-state index contributed by atoms with van der Waals surface area (Å²) in [5.41, 5.74) is 0. The van der Waals surface area contributed by atoms with E-state index in [2.05, 4.69) is 5.32 Å². The number of rotatable bonds is 4. The van der Waals surface area contributed by atoms with Crippen LogP contribution in [0.2, 0.25) is 0 Å². The molecule has 0 saturated carbocycles. The molecule has 1 aromatic heterocycles. The van der Waals surface area contributed by atoms with E-state index >= 15 is 0 Å². The van der Waals surface area contributed by atoms with Crippen LogP contribution in [0.4, 0.5) is 0 Å². The van der Waals surface area contributed by atoms with Gasteiger partial charge in [0.05, 0.1) is 19.8 Å². The Morgan fingerprint density at radius 3 is 2.57 bits per heavy atom. The van der Waals surface area contributed by atoms with Gasteiger partial charge >= 0.3 is 0 Å². The van der Waals surface area contributed by atoms with Gasteiger partial charge in [0.25, 0.3) is 10.0 Å². The molecule has 128 valence electrons. The Morgan fingerprint density at radius 1 is 1.30 bits per heavy atom. The number of ether oxygens (including phenoxy) is 2. The molecule has 2 fully saturated rings. The van der Waals surface area contributed by atoms with E-state index in [1.54, 1.807) is 12.1 Å². The van der Waals surface area contributed by atoms with E-state index in [9.17, 15) is 13.2 Å². The van der Waals surface area contributed by atoms with Crippen LogP contribution in [0.3, 0.4) is 0 Å². The topological polar surface area (TPSA) is 84.9 Å². The van der Waals surface area contributed by atoms with E-state index in [4.69, 9.17) is 9.47 Å². The maximum atomic E-state index is 12.7. The van der Waals surface area contributed by atoms with Crippen LogP contribution in [0.15, 0.2) is 16.3 Å². The lowest BCUT2D eigenvalue weighted by molar-refractivity contribution is -0.179. The third-order valence-corrected chi connectivity index (χ3v) is 7.49. The summed E-state index contributed by atoms with van der Waals surface area (Å²) in [5.74, 6) is -0.724. The Balaban J connectivity index is 1.66. The summed E-state index contributed by atoms with van der Waals surface area (Å²) >= 11 is 1.19. The van der Waals surface area contributed by atoms with Gasteiger partial charge in [-0.3, -0.25) is 4.79 Å². The number of carbonyl (C=O) groups is 1. The zero-order valence-corrected chi connectivity index (χ0v) is 14.5. The molecule has 2 aliphatic heterocycles. The van der Waals surface area contributed by atoms with Crippen LogP contribution in [0.1, 0.15) is 24.6 Å². The molecule has 0 atom stereocenters. The average Bonchev–Trinajstić information content (AvgIpc) is 3.16. The van der Waals surface area contributed by atoms with Gasteiger partial charge in [-0.1, -0.05) is 0 Å². The molecule has 0 aliphatic carbocycles. The van der Waals surface area contributed by atoms with Gasteiger partial charge in [0.2, 0.25) is 5.91 Å². The number of sulfonamides is 1. The summed E-state index contributed by atoms with van der Waals surface area (Å²) in [5, 5.41) is 2.67. The monoisotopic (exact) mass is 360 g/mol. The number of piperidine rings is 1. The smallest absolute Gasteiger partial charge is 0.252 e. The largest absolute Gasteiger partial charge is 0.351 e. The quantitative estimate of drug-likeness (QED) is 0.863. The second-order valence-electron chi connectivity index (χ2n) is 5.64. The zero-order chi connectivity index (χ0) is 16.5. The van der Waals surface area contributed by atoms with E-state index < -0.39 is 15.8 Å². The fraction of sp³-hybridized carbons (Fsp3) is 0.643. The third kappa shape index (κ3) is 3.58. The first kappa shape index (κ1) is 16.8. The van der Waals surface area contributed by atoms with E-state index in [0.717, 1.165) is 4.88 Å². The Bertz CT molecular complexity index is 669. The van der Waals surface area contributed by atoms with Crippen molar-refractivity contribution in [2.75, 3.05) is 26.3 Å². The van der Waals surface area contributed by atoms with Crippen LogP contribution >= 0.6 is 11.3 Å². The van der Waals surface area contributed by atoms with Crippen molar-refractivity contribution in [1.29, 1.82) is 0 Å². The van der Waals surface area contributed by atoms with Gasteiger partial charge in [-0.25, -0.2) is 8.42 Å². The Kier molecular flexibility index (Phi) is 4.75. The molecule has 0 radical (unpaired) electrons. The molecule has 0 bridgehead atoms. The molecule has 23 heavy (non-hydrogen) atoms. The normalized spacial score (nSPS) is 21.6. The maximum absolute atomic E-state index is 12.7. The molecule has 1 N–H and O–H groups in total. The van der Waals surface area contributed by atoms with Gasteiger partial charge in [0.15, 0.2) is 5.79 Å². The second-order valence-corrected chi connectivity index (χ2v) is 8.98. The predicted octanol–water partition coefficient (Wildman–Crippen LogP) is 0.912. The number of nitrogens with zero attached hydrogens (tertiary/aromatic N) is 1. The van der Waals surface area contributed by atoms with E-state index in [1.165, 1.54) is 22.6 Å². The minimum Gasteiger partial charge on any atom is -0.351 e. The van der Waals surface area contributed by atoms with E-state index in [-0.39, 0.29) is 5.91 Å². The summed E-state index contributed by atoms with van der Waals surface area (Å²) in [6.45, 7) is 3.71. The summed E-state index contributed by atoms with van der Waals surface area (Å²) in [6.07, 6.45) is 1.10. The van der Waals surface area contributed by atoms with Crippen molar-refractivity contribution < 1.29 is 22.7 Å². The molecule has 0 aromatic carbocycles. The number of amides is 1. The minimum absolute atomic E-state index is 0.138. The molecule has 0 unspecified atom stereocenters. The van der Waals surface area contributed by atoms with Crippen molar-refractivity contribution in [3.8, 4) is 0 Å². The second kappa shape index (κ2) is 6.48. The van der Waals surface area contributed by atoms with Gasteiger partial charge in [0, 0.05) is 37.7 Å². The summed E-state index contributed by atoms with van der Waals surface area (Å²) in [4.78, 5) is 11.7. The van der Waals surface area contributed by atoms with E-state index in [0.29, 0.717) is 49.9 Å². The van der Waals surface area contributed by atoms with Crippen LogP contribution in [0.25, 0.3) is 0 Å². The number of carbonyl (C=O) groups excluding carboxylic acids is 1. The fourth-order valence-corrected chi connectivity index (χ4v) is 5.67. The highest BCUT2D eigenvalue weighted by Gasteiger charge is 2.42. The van der Waals surface area contributed by atoms with Crippen LogP contribution in [0.5, 0.6) is 0 Å². The first-order valence-electron chi connectivity index (χ1n) is 7.53. The van der Waals surface area contributed by atoms with Gasteiger partial charge in [-0.05, 0) is 12.1 Å². The zero-order valence-electron chi connectivity index (χ0n) is 12.9. The molecule has 1 aromatic rings. The predicted molar refractivity (Wildman–Crippen MR) is 84.5 cm³/mol. The van der Waals surface area contributed by atoms with E-state index in [1.807, 2.05) is 0 Å². The molecule has 3 heterocycles. The van der Waals surface area contributed by atoms with Crippen LogP contribution < -0.4 is 5.32 Å². The van der Waals surface area contributed by atoms with Crippen LogP contribution in [0, 0.1) is 0 Å². The Morgan fingerprint density at radius 2 is 1.96 bits per heavy atom. The number of hydrogen-bond donors (Lipinski definition) is 1. The summed E-state index contributed by atoms with van der Waals surface area (Å²) in [7, 11) is -3.50. The molecular weight excluding hydrogens is 340 g/mol. The van der Waals surface area contributed by atoms with Crippen molar-refractivity contribution in [3.05, 3.63) is 17.0 Å². The first-order chi connectivity index (χ1) is 10.9. The minimum atomic E-state index is -3.50. The standard InChI is InChI=1S/C14H20N2O5S2/c1-11(17)15-10-12-2-3-13(22-12)23(18,19)16-6-4-14(5-7-16)20-8-9-21-14/h2-3H,4-10H2,1H3,(H,15,17). The molecule has 1 spiro atoms. The molecule has 3 rings (SSSR count). The molecule has 2 aliphatic rings. The van der Waals surface area contributed by atoms with Crippen molar-refractivity contribution in [3.63, 3.8) is 0 Å². The molecule has 7 nitrogen and oxygen atoms in total. The fourth-order valence-electron chi connectivity index (χ4n) is 2.78. The SMILES string of the molecule is CC(=O)NCc1ccc(S(=O)(=O)N2CCC3(CC2)OCCO3)s1. The lowest BCUT2D eigenvalue weighted by atomic mass is 10.1. The van der Waals surface area contributed by atoms with Gasteiger partial charge in [-0.15, -0.1) is 11.3 Å². The van der Waals surface area contributed by atoms with Crippen LogP contribution in [-0.4, -0.2) is 50.7 Å². The highest BCUT2D eigenvalue weighted by molar-refractivity contribution is 7.91. The molecular formula is C14H20N2O5S2. The Hall–Kier alpha value is -1.00. The summed E-state index contributed by atoms with van der Waals surface area (Å²) in [6, 6.07) is 3.34. The van der Waals surface area contributed by atoms with Gasteiger partial charge < -0.3 is 14.8 Å². The maximum Gasteiger partial charge on any atom is 0.252 e. The highest BCUT2D eigenvalue weighted by Crippen LogP contribution is 2.34. The highest BCUT2D eigenvalue weighted by atomic mass is 32.2. The van der Waals surface area contributed by atoms with Gasteiger partial charge in [-0.2, -0.15) is 4.31 Å². The Labute approximate surface area is 139 Å². The first-order valence-corrected chi connectivity index (χ1v) is 9.78. The average molecular weight is 360 g/mol. The third-order valence-electron chi connectivity index (χ3n) is 4.04. The van der Waals surface area contributed by atoms with Crippen molar-refractivity contribution in [2.24, 2.45) is 0 Å². The van der Waals surface area contributed by atoms with Crippen molar-refractivity contribution in [1.82, 2.24) is 9.62 Å². The van der Waals surface area contributed by atoms with Gasteiger partial charge in [0.1, 0.15) is 4.21 Å². The number of hydrogen-bond acceptors (Lipinski definition) is 6. The number of nitrogens with one attached hydrogen (secondary N) is 1. The molecule has 1 amide bonds. The van der Waals surface area contributed by atoms with Crippen molar-refractivity contribution >= 4 is 27.3 Å². The molecule has 9 heteroatoms.